The fourth-order valence-corrected chi connectivity index (χ4v) is 2.92. The van der Waals surface area contributed by atoms with Crippen molar-refractivity contribution >= 4 is 11.8 Å². The smallest absolute Gasteiger partial charge is 0.312 e. The van der Waals surface area contributed by atoms with Gasteiger partial charge in [0.15, 0.2) is 0 Å². The van der Waals surface area contributed by atoms with Gasteiger partial charge in [-0.1, -0.05) is 20.3 Å². The van der Waals surface area contributed by atoms with E-state index in [9.17, 15) is 9.59 Å². The number of likely N-dealkylation sites (tertiary alicyclic amines) is 1. The summed E-state index contributed by atoms with van der Waals surface area (Å²) in [4.78, 5) is 28.1. The van der Waals surface area contributed by atoms with E-state index < -0.39 is 0 Å². The first-order chi connectivity index (χ1) is 9.56. The predicted molar refractivity (Wildman–Crippen MR) is 78.3 cm³/mol. The predicted octanol–water partition coefficient (Wildman–Crippen LogP) is 0.847. The second-order valence-electron chi connectivity index (χ2n) is 6.35. The first-order valence-electron chi connectivity index (χ1n) is 7.85. The lowest BCUT2D eigenvalue weighted by Crippen LogP contribution is -2.50. The molecule has 0 bridgehead atoms. The first-order valence-corrected chi connectivity index (χ1v) is 7.85. The summed E-state index contributed by atoms with van der Waals surface area (Å²) in [6.45, 7) is 8.97. The van der Waals surface area contributed by atoms with Gasteiger partial charge in [-0.2, -0.15) is 0 Å². The van der Waals surface area contributed by atoms with E-state index in [-0.39, 0.29) is 11.8 Å². The Hall–Kier alpha value is -1.10. The minimum atomic E-state index is -0.311. The number of amides is 2. The lowest BCUT2D eigenvalue weighted by molar-refractivity contribution is -0.153. The summed E-state index contributed by atoms with van der Waals surface area (Å²) in [6, 6.07) is 0. The highest BCUT2D eigenvalue weighted by molar-refractivity contribution is 6.34. The summed E-state index contributed by atoms with van der Waals surface area (Å²) in [5, 5.41) is 3.25. The van der Waals surface area contributed by atoms with Crippen molar-refractivity contribution in [1.29, 1.82) is 0 Å². The third-order valence-electron chi connectivity index (χ3n) is 4.92. The number of hydrogen-bond donors (Lipinski definition) is 1. The van der Waals surface area contributed by atoms with Crippen LogP contribution in [0.5, 0.6) is 0 Å². The zero-order valence-corrected chi connectivity index (χ0v) is 12.8. The van der Waals surface area contributed by atoms with Gasteiger partial charge in [-0.05, 0) is 31.2 Å². The van der Waals surface area contributed by atoms with Gasteiger partial charge in [-0.25, -0.2) is 0 Å². The number of carbonyl (C=O) groups excluding carboxylic acids is 2. The Morgan fingerprint density at radius 1 is 1.00 bits per heavy atom. The highest BCUT2D eigenvalue weighted by Gasteiger charge is 2.34. The van der Waals surface area contributed by atoms with Gasteiger partial charge in [0, 0.05) is 32.7 Å². The topological polar surface area (TPSA) is 52.7 Å². The molecule has 2 heterocycles. The molecule has 0 radical (unpaired) electrons. The van der Waals surface area contributed by atoms with Crippen LogP contribution < -0.4 is 5.32 Å². The average molecular weight is 281 g/mol. The monoisotopic (exact) mass is 281 g/mol. The van der Waals surface area contributed by atoms with E-state index >= 15 is 0 Å². The van der Waals surface area contributed by atoms with E-state index in [0.29, 0.717) is 18.5 Å². The Labute approximate surface area is 121 Å². The Bertz CT molecular complexity index is 354. The van der Waals surface area contributed by atoms with Crippen LogP contribution >= 0.6 is 0 Å². The van der Waals surface area contributed by atoms with Gasteiger partial charge in [-0.3, -0.25) is 9.59 Å². The zero-order chi connectivity index (χ0) is 14.6. The molecule has 1 N–H and O–H groups in total. The molecule has 5 heteroatoms. The van der Waals surface area contributed by atoms with Gasteiger partial charge < -0.3 is 15.1 Å². The molecule has 5 nitrogen and oxygen atoms in total. The van der Waals surface area contributed by atoms with Crippen LogP contribution in [0.15, 0.2) is 0 Å². The minimum Gasteiger partial charge on any atom is -0.334 e. The van der Waals surface area contributed by atoms with Crippen molar-refractivity contribution in [2.75, 3.05) is 39.3 Å². The van der Waals surface area contributed by atoms with Crippen LogP contribution in [0.25, 0.3) is 0 Å². The van der Waals surface area contributed by atoms with Crippen LogP contribution in [0.2, 0.25) is 0 Å². The lowest BCUT2D eigenvalue weighted by Gasteiger charge is -2.39. The fourth-order valence-electron chi connectivity index (χ4n) is 2.92. The molecule has 2 amide bonds. The minimum absolute atomic E-state index is 0.301. The highest BCUT2D eigenvalue weighted by Crippen LogP contribution is 2.33. The molecule has 0 spiro atoms. The average Bonchev–Trinajstić information content (AvgIpc) is 2.75. The van der Waals surface area contributed by atoms with Gasteiger partial charge >= 0.3 is 11.8 Å². The lowest BCUT2D eigenvalue weighted by atomic mass is 9.78. The number of hydrogen-bond acceptors (Lipinski definition) is 3. The van der Waals surface area contributed by atoms with E-state index in [0.717, 1.165) is 51.9 Å². The molecular formula is C15H27N3O2. The van der Waals surface area contributed by atoms with Gasteiger partial charge in [0.05, 0.1) is 0 Å². The van der Waals surface area contributed by atoms with Crippen molar-refractivity contribution in [3.63, 3.8) is 0 Å². The van der Waals surface area contributed by atoms with E-state index in [4.69, 9.17) is 0 Å². The van der Waals surface area contributed by atoms with Crippen molar-refractivity contribution in [2.24, 2.45) is 5.41 Å². The number of nitrogens with zero attached hydrogens (tertiary/aromatic N) is 2. The second kappa shape index (κ2) is 6.57. The van der Waals surface area contributed by atoms with Crippen molar-refractivity contribution in [1.82, 2.24) is 15.1 Å². The van der Waals surface area contributed by atoms with Gasteiger partial charge in [0.25, 0.3) is 0 Å². The molecule has 0 aromatic heterocycles. The van der Waals surface area contributed by atoms with Crippen LogP contribution in [-0.2, 0) is 9.59 Å². The Morgan fingerprint density at radius 3 is 2.20 bits per heavy atom. The van der Waals surface area contributed by atoms with E-state index in [2.05, 4.69) is 19.2 Å². The molecule has 2 rings (SSSR count). The molecule has 2 fully saturated rings. The number of piperidine rings is 1. The van der Waals surface area contributed by atoms with Crippen molar-refractivity contribution in [2.45, 2.75) is 39.5 Å². The molecule has 0 saturated carbocycles. The van der Waals surface area contributed by atoms with Crippen molar-refractivity contribution in [3.05, 3.63) is 0 Å². The van der Waals surface area contributed by atoms with Crippen molar-refractivity contribution in [3.8, 4) is 0 Å². The van der Waals surface area contributed by atoms with Crippen LogP contribution in [-0.4, -0.2) is 60.9 Å². The Kier molecular flexibility index (Phi) is 5.02. The molecule has 0 atom stereocenters. The van der Waals surface area contributed by atoms with Crippen LogP contribution in [0.4, 0.5) is 0 Å². The number of rotatable bonds is 1. The maximum atomic E-state index is 12.3. The Morgan fingerprint density at radius 2 is 1.60 bits per heavy atom. The summed E-state index contributed by atoms with van der Waals surface area (Å²) in [6.07, 6.45) is 4.07. The summed E-state index contributed by atoms with van der Waals surface area (Å²) in [5.41, 5.74) is 0.340. The molecule has 2 saturated heterocycles. The van der Waals surface area contributed by atoms with Crippen LogP contribution in [0.1, 0.15) is 39.5 Å². The number of nitrogens with one attached hydrogen (secondary N) is 1. The second-order valence-corrected chi connectivity index (χ2v) is 6.35. The maximum Gasteiger partial charge on any atom is 0.312 e. The molecular weight excluding hydrogens is 254 g/mol. The summed E-state index contributed by atoms with van der Waals surface area (Å²) < 4.78 is 0. The molecule has 20 heavy (non-hydrogen) atoms. The largest absolute Gasteiger partial charge is 0.334 e. The number of carbonyl (C=O) groups is 2. The van der Waals surface area contributed by atoms with Gasteiger partial charge in [0.2, 0.25) is 0 Å². The van der Waals surface area contributed by atoms with Gasteiger partial charge in [-0.15, -0.1) is 0 Å². The highest BCUT2D eigenvalue weighted by atomic mass is 16.2. The SMILES string of the molecule is CCC1(C)CCN(C(=O)C(=O)N2CCCNCC2)CC1. The zero-order valence-electron chi connectivity index (χ0n) is 12.8. The standard InChI is InChI=1S/C15H27N3O2/c1-3-15(2)5-10-18(11-6-15)14(20)13(19)17-9-4-7-16-8-12-17/h16H,3-12H2,1-2H3. The van der Waals surface area contributed by atoms with Gasteiger partial charge in [0.1, 0.15) is 0 Å². The van der Waals surface area contributed by atoms with Crippen LogP contribution in [0, 0.1) is 5.41 Å². The van der Waals surface area contributed by atoms with E-state index in [1.165, 1.54) is 0 Å². The summed E-state index contributed by atoms with van der Waals surface area (Å²) in [5.74, 6) is -0.612. The molecule has 114 valence electrons. The molecule has 0 unspecified atom stereocenters. The quantitative estimate of drug-likeness (QED) is 0.725. The van der Waals surface area contributed by atoms with E-state index in [1.807, 2.05) is 0 Å². The third kappa shape index (κ3) is 3.51. The summed E-state index contributed by atoms with van der Waals surface area (Å²) in [7, 11) is 0. The molecule has 0 aliphatic carbocycles. The Balaban J connectivity index is 1.89. The maximum absolute atomic E-state index is 12.3. The van der Waals surface area contributed by atoms with Crippen LogP contribution in [0.3, 0.4) is 0 Å². The third-order valence-corrected chi connectivity index (χ3v) is 4.92. The van der Waals surface area contributed by atoms with E-state index in [1.54, 1.807) is 9.80 Å². The summed E-state index contributed by atoms with van der Waals surface area (Å²) >= 11 is 0. The molecule has 0 aromatic carbocycles. The van der Waals surface area contributed by atoms with Crippen molar-refractivity contribution < 1.29 is 9.59 Å². The molecule has 2 aliphatic rings. The fraction of sp³-hybridized carbons (Fsp3) is 0.867. The normalized spacial score (nSPS) is 23.3. The molecule has 2 aliphatic heterocycles. The molecule has 0 aromatic rings. The first kappa shape index (κ1) is 15.3.